The van der Waals surface area contributed by atoms with Crippen LogP contribution in [-0.4, -0.2) is 22.2 Å². The summed E-state index contributed by atoms with van der Waals surface area (Å²) in [4.78, 5) is 8.26. The third kappa shape index (κ3) is 4.90. The molecule has 1 aromatic carbocycles. The molecular formula is C16H16N3O3Y-. The first-order chi connectivity index (χ1) is 10.5. The molecule has 2 rings (SSSR count). The molecule has 6 nitrogen and oxygen atoms in total. The summed E-state index contributed by atoms with van der Waals surface area (Å²) < 4.78 is 10.2. The van der Waals surface area contributed by atoms with Crippen molar-refractivity contribution in [2.45, 2.75) is 20.0 Å². The molecule has 0 spiro atoms. The Hall–Kier alpha value is -1.68. The SMILES string of the molecule is CC#COc1cc(OC)nc(C(O)c2cc(C)c[c-]c2N)n1.[Y]. The van der Waals surface area contributed by atoms with Crippen molar-refractivity contribution >= 4 is 5.69 Å². The fourth-order valence-electron chi connectivity index (χ4n) is 1.81. The third-order valence-electron chi connectivity index (χ3n) is 2.85. The second-order valence-electron chi connectivity index (χ2n) is 4.51. The molecule has 0 aliphatic heterocycles. The molecule has 2 aromatic rings. The summed E-state index contributed by atoms with van der Waals surface area (Å²) >= 11 is 0. The van der Waals surface area contributed by atoms with Crippen LogP contribution in [0.5, 0.6) is 11.8 Å². The molecule has 0 fully saturated rings. The van der Waals surface area contributed by atoms with Crippen molar-refractivity contribution in [3.63, 3.8) is 0 Å². The maximum absolute atomic E-state index is 10.5. The third-order valence-corrected chi connectivity index (χ3v) is 2.85. The van der Waals surface area contributed by atoms with Gasteiger partial charge in [0, 0.05) is 39.6 Å². The molecule has 0 saturated heterocycles. The van der Waals surface area contributed by atoms with Crippen molar-refractivity contribution in [3.8, 4) is 23.8 Å². The zero-order valence-corrected chi connectivity index (χ0v) is 16.0. The van der Waals surface area contributed by atoms with Crippen molar-refractivity contribution < 1.29 is 47.3 Å². The van der Waals surface area contributed by atoms with Gasteiger partial charge in [-0.15, -0.1) is 0 Å². The molecule has 3 N–H and O–H groups in total. The van der Waals surface area contributed by atoms with Gasteiger partial charge in [0.1, 0.15) is 6.11 Å². The number of rotatable bonds is 4. The number of hydrogen-bond acceptors (Lipinski definition) is 6. The quantitative estimate of drug-likeness (QED) is 0.471. The van der Waals surface area contributed by atoms with Crippen LogP contribution in [0.15, 0.2) is 18.2 Å². The number of benzene rings is 1. The van der Waals surface area contributed by atoms with E-state index in [9.17, 15) is 5.11 Å². The summed E-state index contributed by atoms with van der Waals surface area (Å²) in [6.07, 6.45) is 1.31. The summed E-state index contributed by atoms with van der Waals surface area (Å²) in [5.41, 5.74) is 7.58. The molecule has 0 aliphatic carbocycles. The van der Waals surface area contributed by atoms with Crippen LogP contribution in [0.4, 0.5) is 5.69 Å². The molecule has 1 radical (unpaired) electrons. The van der Waals surface area contributed by atoms with Crippen molar-refractivity contribution in [2.75, 3.05) is 12.8 Å². The Labute approximate surface area is 160 Å². The number of aliphatic hydroxyl groups excluding tert-OH is 1. The molecule has 0 amide bonds. The Kier molecular flexibility index (Phi) is 7.43. The molecule has 0 aliphatic rings. The summed E-state index contributed by atoms with van der Waals surface area (Å²) in [7, 11) is 1.46. The van der Waals surface area contributed by atoms with E-state index in [2.05, 4.69) is 28.1 Å². The van der Waals surface area contributed by atoms with E-state index in [0.29, 0.717) is 11.3 Å². The van der Waals surface area contributed by atoms with Gasteiger partial charge in [0.25, 0.3) is 0 Å². The first-order valence-electron chi connectivity index (χ1n) is 6.52. The normalized spacial score (nSPS) is 10.8. The van der Waals surface area contributed by atoms with Crippen LogP contribution < -0.4 is 15.2 Å². The minimum atomic E-state index is -1.12. The second kappa shape index (κ2) is 8.83. The number of aliphatic hydroxyl groups is 1. The van der Waals surface area contributed by atoms with Crippen molar-refractivity contribution in [3.05, 3.63) is 41.2 Å². The summed E-state index contributed by atoms with van der Waals surface area (Å²) in [5, 5.41) is 10.5. The number of hydrogen-bond donors (Lipinski definition) is 2. The van der Waals surface area contributed by atoms with Gasteiger partial charge < -0.3 is 20.3 Å². The van der Waals surface area contributed by atoms with Gasteiger partial charge in [-0.2, -0.15) is 33.7 Å². The molecule has 0 saturated carbocycles. The van der Waals surface area contributed by atoms with E-state index < -0.39 is 6.10 Å². The van der Waals surface area contributed by atoms with Gasteiger partial charge >= 0.3 is 0 Å². The molecule has 1 aromatic heterocycles. The predicted molar refractivity (Wildman–Crippen MR) is 81.2 cm³/mol. The Morgan fingerprint density at radius 1 is 1.30 bits per heavy atom. The first-order valence-corrected chi connectivity index (χ1v) is 6.52. The van der Waals surface area contributed by atoms with Crippen molar-refractivity contribution in [1.82, 2.24) is 9.97 Å². The molecule has 1 heterocycles. The molecule has 23 heavy (non-hydrogen) atoms. The average molecular weight is 387 g/mol. The van der Waals surface area contributed by atoms with Crippen LogP contribution in [0.1, 0.15) is 30.0 Å². The van der Waals surface area contributed by atoms with E-state index >= 15 is 0 Å². The Balaban J connectivity index is 0.00000264. The summed E-state index contributed by atoms with van der Waals surface area (Å²) in [6.45, 7) is 3.52. The van der Waals surface area contributed by atoms with Gasteiger partial charge in [0.05, 0.1) is 19.3 Å². The zero-order chi connectivity index (χ0) is 16.1. The van der Waals surface area contributed by atoms with Gasteiger partial charge in [-0.1, -0.05) is 24.1 Å². The fourth-order valence-corrected chi connectivity index (χ4v) is 1.81. The summed E-state index contributed by atoms with van der Waals surface area (Å²) in [6, 6.07) is 7.85. The maximum atomic E-state index is 10.5. The van der Waals surface area contributed by atoms with Crippen molar-refractivity contribution in [1.29, 1.82) is 0 Å². The van der Waals surface area contributed by atoms with Crippen LogP contribution in [0.2, 0.25) is 0 Å². The number of nitrogens with zero attached hydrogens (tertiary/aromatic N) is 2. The smallest absolute Gasteiger partial charge is 0.237 e. The molecular weight excluding hydrogens is 371 g/mol. The number of methoxy groups -OCH3 is 1. The number of anilines is 1. The van der Waals surface area contributed by atoms with E-state index in [4.69, 9.17) is 15.2 Å². The van der Waals surface area contributed by atoms with Gasteiger partial charge in [-0.3, -0.25) is 0 Å². The van der Waals surface area contributed by atoms with Crippen LogP contribution >= 0.6 is 0 Å². The van der Waals surface area contributed by atoms with Gasteiger partial charge in [-0.25, -0.2) is 0 Å². The number of ether oxygens (including phenoxy) is 2. The van der Waals surface area contributed by atoms with Crippen molar-refractivity contribution in [2.24, 2.45) is 0 Å². The van der Waals surface area contributed by atoms with Crippen LogP contribution in [-0.2, 0) is 32.7 Å². The fraction of sp³-hybridized carbons (Fsp3) is 0.250. The largest absolute Gasteiger partial charge is 0.481 e. The standard InChI is InChI=1S/C16H16N3O3.Y/c1-4-7-22-14-9-13(21-3)18-16(19-14)15(20)11-8-10(2)5-6-12(11)17;/h5,8-9,15,20H,17H2,1-3H3;/q-1;. The van der Waals surface area contributed by atoms with E-state index in [0.717, 1.165) is 5.56 Å². The van der Waals surface area contributed by atoms with Crippen LogP contribution in [0.25, 0.3) is 0 Å². The maximum Gasteiger partial charge on any atom is 0.237 e. The molecule has 0 bridgehead atoms. The molecule has 1 atom stereocenters. The van der Waals surface area contributed by atoms with Gasteiger partial charge in [0.15, 0.2) is 5.82 Å². The Bertz CT molecular complexity index is 741. The monoisotopic (exact) mass is 387 g/mol. The molecule has 117 valence electrons. The number of aromatic nitrogens is 2. The second-order valence-corrected chi connectivity index (χ2v) is 4.51. The number of aryl methyl sites for hydroxylation is 1. The van der Waals surface area contributed by atoms with E-state index in [-0.39, 0.29) is 50.3 Å². The first kappa shape index (κ1) is 19.4. The zero-order valence-electron chi connectivity index (χ0n) is 13.1. The van der Waals surface area contributed by atoms with E-state index in [1.165, 1.54) is 13.2 Å². The van der Waals surface area contributed by atoms with Gasteiger partial charge in [0.2, 0.25) is 11.8 Å². The Morgan fingerprint density at radius 3 is 2.65 bits per heavy atom. The predicted octanol–water partition coefficient (Wildman–Crippen LogP) is 1.61. The molecule has 1 unspecified atom stereocenters. The van der Waals surface area contributed by atoms with Crippen LogP contribution in [0.3, 0.4) is 0 Å². The van der Waals surface area contributed by atoms with E-state index in [1.807, 2.05) is 6.92 Å². The summed E-state index contributed by atoms with van der Waals surface area (Å²) in [5.74, 6) is 3.14. The Morgan fingerprint density at radius 2 is 2.00 bits per heavy atom. The average Bonchev–Trinajstić information content (AvgIpc) is 2.54. The van der Waals surface area contributed by atoms with E-state index in [1.54, 1.807) is 19.1 Å². The topological polar surface area (TPSA) is 90.5 Å². The minimum Gasteiger partial charge on any atom is -0.481 e. The molecule has 7 heteroatoms. The van der Waals surface area contributed by atoms with Gasteiger partial charge in [-0.05, 0) is 0 Å². The number of nitrogens with two attached hydrogens (primary N) is 1. The minimum absolute atomic E-state index is 0. The van der Waals surface area contributed by atoms with Crippen LogP contribution in [0, 0.1) is 25.0 Å². The number of nitrogen functional groups attached to an aromatic ring is 1.